The lowest BCUT2D eigenvalue weighted by Crippen LogP contribution is -2.46. The fourth-order valence-electron chi connectivity index (χ4n) is 8.34. The van der Waals surface area contributed by atoms with Gasteiger partial charge in [-0.25, -0.2) is 0 Å². The highest BCUT2D eigenvalue weighted by atomic mass is 19.4. The Hall–Kier alpha value is -4.57. The van der Waals surface area contributed by atoms with Crippen LogP contribution in [0.5, 0.6) is 0 Å². The molecular weight excluding hydrogens is 688 g/mol. The molecule has 1 N–H and O–H groups in total. The van der Waals surface area contributed by atoms with Crippen LogP contribution in [0.15, 0.2) is 73.8 Å². The van der Waals surface area contributed by atoms with E-state index in [2.05, 4.69) is 87.5 Å². The van der Waals surface area contributed by atoms with Crippen LogP contribution in [0.2, 0.25) is 0 Å². The van der Waals surface area contributed by atoms with Crippen molar-refractivity contribution in [1.29, 1.82) is 0 Å². The van der Waals surface area contributed by atoms with Crippen LogP contribution < -0.4 is 15.1 Å². The van der Waals surface area contributed by atoms with Gasteiger partial charge in [0.05, 0.1) is 5.56 Å². The summed E-state index contributed by atoms with van der Waals surface area (Å²) in [4.78, 5) is 31.7. The number of piperidine rings is 1. The van der Waals surface area contributed by atoms with Crippen LogP contribution >= 0.6 is 0 Å². The van der Waals surface area contributed by atoms with Crippen molar-refractivity contribution in [2.75, 3.05) is 55.6 Å². The first kappa shape index (κ1) is 39.1. The predicted molar refractivity (Wildman–Crippen MR) is 212 cm³/mol. The molecule has 54 heavy (non-hydrogen) atoms. The smallest absolute Gasteiger partial charge is 0.371 e. The average Bonchev–Trinajstić information content (AvgIpc) is 3.51. The van der Waals surface area contributed by atoms with Crippen molar-refractivity contribution in [1.82, 2.24) is 15.1 Å². The largest absolute Gasteiger partial charge is 0.417 e. The Morgan fingerprint density at radius 1 is 0.926 bits per heavy atom. The molecule has 288 valence electrons. The quantitative estimate of drug-likeness (QED) is 0.132. The van der Waals surface area contributed by atoms with Crippen molar-refractivity contribution in [3.8, 4) is 0 Å². The Bertz CT molecular complexity index is 1810. The molecule has 2 amide bonds. The van der Waals surface area contributed by atoms with E-state index < -0.39 is 11.7 Å². The molecule has 10 heteroatoms. The number of benzene rings is 3. The molecule has 2 saturated heterocycles. The number of nitrogens with one attached hydrogen (secondary N) is 1. The number of fused-ring (bicyclic) bond motifs is 1. The van der Waals surface area contributed by atoms with Gasteiger partial charge in [-0.1, -0.05) is 55.1 Å². The summed E-state index contributed by atoms with van der Waals surface area (Å²) in [6.07, 6.45) is 2.20. The van der Waals surface area contributed by atoms with E-state index in [0.29, 0.717) is 36.4 Å². The molecular formula is C44H54F3N5O2. The summed E-state index contributed by atoms with van der Waals surface area (Å²) < 4.78 is 41.2. The number of anilines is 2. The maximum absolute atomic E-state index is 13.7. The topological polar surface area (TPSA) is 59.1 Å². The Morgan fingerprint density at radius 2 is 1.59 bits per heavy atom. The number of allylic oxidation sites excluding steroid dienone is 1. The summed E-state index contributed by atoms with van der Waals surface area (Å²) in [7, 11) is 0. The minimum atomic E-state index is -4.41. The lowest BCUT2D eigenvalue weighted by molar-refractivity contribution is -0.137. The van der Waals surface area contributed by atoms with Crippen LogP contribution in [0.25, 0.3) is 11.3 Å². The third kappa shape index (κ3) is 9.38. The number of aryl methyl sites for hydroxylation is 1. The second kappa shape index (κ2) is 17.3. The van der Waals surface area contributed by atoms with Crippen molar-refractivity contribution < 1.29 is 22.8 Å². The molecule has 0 aromatic heterocycles. The molecule has 1 atom stereocenters. The summed E-state index contributed by atoms with van der Waals surface area (Å²) in [5.74, 6) is 0.167. The number of unbranched alkanes of at least 4 members (excludes halogenated alkanes) is 1. The normalized spacial score (nSPS) is 17.4. The summed E-state index contributed by atoms with van der Waals surface area (Å²) >= 11 is 0. The minimum Gasteiger partial charge on any atom is -0.371 e. The Kier molecular flexibility index (Phi) is 12.5. The number of carbonyl (C=O) groups excluding carboxylic acids is 2. The Labute approximate surface area is 318 Å². The second-order valence-corrected chi connectivity index (χ2v) is 15.3. The number of carbonyl (C=O) groups is 2. The highest BCUT2D eigenvalue weighted by molar-refractivity contribution is 5.85. The summed E-state index contributed by atoms with van der Waals surface area (Å²) in [6.45, 7) is 19.2. The molecule has 7 nitrogen and oxygen atoms in total. The van der Waals surface area contributed by atoms with Gasteiger partial charge in [0, 0.05) is 80.9 Å². The van der Waals surface area contributed by atoms with Gasteiger partial charge < -0.3 is 14.7 Å². The average molecular weight is 742 g/mol. The van der Waals surface area contributed by atoms with Gasteiger partial charge in [-0.3, -0.25) is 19.8 Å². The molecule has 0 radical (unpaired) electrons. The molecule has 0 saturated carbocycles. The van der Waals surface area contributed by atoms with E-state index in [9.17, 15) is 22.8 Å². The van der Waals surface area contributed by atoms with Gasteiger partial charge in [-0.15, -0.1) is 0 Å². The number of rotatable bonds is 14. The maximum atomic E-state index is 13.7. The van der Waals surface area contributed by atoms with Gasteiger partial charge in [0.25, 0.3) is 0 Å². The van der Waals surface area contributed by atoms with E-state index in [1.54, 1.807) is 19.1 Å². The predicted octanol–water partition coefficient (Wildman–Crippen LogP) is 8.50. The van der Waals surface area contributed by atoms with E-state index in [-0.39, 0.29) is 17.5 Å². The van der Waals surface area contributed by atoms with Crippen molar-refractivity contribution in [3.63, 3.8) is 0 Å². The lowest BCUT2D eigenvalue weighted by Gasteiger charge is -2.36. The first-order chi connectivity index (χ1) is 25.9. The standard InChI is InChI=1S/C44H54F3N5O2/c1-31(2)40-15-13-39(28-42(40)44(45,46)47)50-21-18-36(19-22-50)35-11-9-34(10-12-35)7-5-6-20-49-23-25-51(26-24-49)38-14-16-41-33(4)52(29-37(41)27-38)32(3)8-17-43(54)48-30-53/h9-16,27-28,30,32,36H,1,4-8,17-26,29H2,2-3H3,(H,48,53,54). The van der Waals surface area contributed by atoms with Crippen molar-refractivity contribution in [3.05, 3.63) is 107 Å². The number of nitrogens with zero attached hydrogens (tertiary/aromatic N) is 4. The Balaban J connectivity index is 0.897. The number of amides is 2. The van der Waals surface area contributed by atoms with Crippen molar-refractivity contribution in [2.45, 2.75) is 83.5 Å². The zero-order chi connectivity index (χ0) is 38.4. The first-order valence-corrected chi connectivity index (χ1v) is 19.4. The number of halogens is 3. The number of alkyl halides is 3. The highest BCUT2D eigenvalue weighted by Gasteiger charge is 2.35. The summed E-state index contributed by atoms with van der Waals surface area (Å²) in [5, 5.41) is 2.22. The molecule has 2 fully saturated rings. The zero-order valence-corrected chi connectivity index (χ0v) is 31.8. The third-order valence-electron chi connectivity index (χ3n) is 11.6. The van der Waals surface area contributed by atoms with Crippen LogP contribution in [0.3, 0.4) is 0 Å². The van der Waals surface area contributed by atoms with Crippen molar-refractivity contribution >= 4 is 35.0 Å². The minimum absolute atomic E-state index is 0.144. The molecule has 6 rings (SSSR count). The van der Waals surface area contributed by atoms with E-state index in [1.165, 1.54) is 34.0 Å². The fraction of sp³-hybridized carbons (Fsp3) is 0.455. The number of piperazine rings is 1. The molecule has 3 aromatic rings. The number of hydrogen-bond acceptors (Lipinski definition) is 6. The van der Waals surface area contributed by atoms with Crippen molar-refractivity contribution in [2.24, 2.45) is 0 Å². The van der Waals surface area contributed by atoms with Crippen LogP contribution in [0.4, 0.5) is 24.5 Å². The molecule has 0 spiro atoms. The highest BCUT2D eigenvalue weighted by Crippen LogP contribution is 2.39. The summed E-state index contributed by atoms with van der Waals surface area (Å²) in [6, 6.07) is 20.5. The van der Waals surface area contributed by atoms with Gasteiger partial charge in [0.2, 0.25) is 12.3 Å². The lowest BCUT2D eigenvalue weighted by atomic mass is 9.88. The van der Waals surface area contributed by atoms with Gasteiger partial charge in [0.1, 0.15) is 0 Å². The first-order valence-electron chi connectivity index (χ1n) is 19.4. The van der Waals surface area contributed by atoms with Gasteiger partial charge in [-0.05, 0) is 111 Å². The molecule has 0 bridgehead atoms. The van der Waals surface area contributed by atoms with E-state index >= 15 is 0 Å². The van der Waals surface area contributed by atoms with Crippen LogP contribution in [-0.2, 0) is 28.7 Å². The summed E-state index contributed by atoms with van der Waals surface area (Å²) in [5.41, 5.74) is 7.98. The molecule has 3 aliphatic rings. The molecule has 3 aliphatic heterocycles. The van der Waals surface area contributed by atoms with Gasteiger partial charge in [-0.2, -0.15) is 13.2 Å². The van der Waals surface area contributed by atoms with Crippen LogP contribution in [-0.4, -0.2) is 74.0 Å². The third-order valence-corrected chi connectivity index (χ3v) is 11.6. The van der Waals surface area contributed by atoms with Crippen LogP contribution in [0.1, 0.15) is 91.7 Å². The molecule has 1 unspecified atom stereocenters. The molecule has 0 aliphatic carbocycles. The van der Waals surface area contributed by atoms with E-state index in [1.807, 2.05) is 0 Å². The SMILES string of the molecule is C=C(C)c1ccc(N2CCC(c3ccc(CCCCN4CCN(c5ccc6c(c5)CN(C(C)CCC(=O)NC=O)C6=C)CC4)cc3)CC2)cc1C(F)(F)F. The maximum Gasteiger partial charge on any atom is 0.417 e. The number of imide groups is 1. The van der Waals surface area contributed by atoms with Gasteiger partial charge in [0.15, 0.2) is 0 Å². The molecule has 3 heterocycles. The molecule has 3 aromatic carbocycles. The number of hydrogen-bond donors (Lipinski definition) is 1. The van der Waals surface area contributed by atoms with Crippen LogP contribution in [0, 0.1) is 0 Å². The van der Waals surface area contributed by atoms with E-state index in [4.69, 9.17) is 0 Å². The second-order valence-electron chi connectivity index (χ2n) is 15.3. The fourth-order valence-corrected chi connectivity index (χ4v) is 8.34. The Morgan fingerprint density at radius 3 is 2.26 bits per heavy atom. The van der Waals surface area contributed by atoms with E-state index in [0.717, 1.165) is 90.2 Å². The zero-order valence-electron chi connectivity index (χ0n) is 31.8. The van der Waals surface area contributed by atoms with Gasteiger partial charge >= 0.3 is 6.18 Å². The monoisotopic (exact) mass is 741 g/mol.